The van der Waals surface area contributed by atoms with Crippen LogP contribution in [-0.2, 0) is 15.5 Å². The summed E-state index contributed by atoms with van der Waals surface area (Å²) >= 11 is 0. The number of ether oxygens (including phenoxy) is 1. The van der Waals surface area contributed by atoms with Gasteiger partial charge in [-0.15, -0.1) is 5.01 Å². The molecule has 1 aromatic rings. The molecule has 1 N–H and O–H groups in total. The number of amides is 1. The van der Waals surface area contributed by atoms with Crippen LogP contribution < -0.4 is 15.1 Å². The van der Waals surface area contributed by atoms with E-state index in [1.807, 2.05) is 18.9 Å². The predicted molar refractivity (Wildman–Crippen MR) is 72.4 cm³/mol. The second kappa shape index (κ2) is 5.78. The van der Waals surface area contributed by atoms with Crippen molar-refractivity contribution in [2.45, 2.75) is 26.3 Å². The molecule has 1 amide bonds. The fourth-order valence-electron chi connectivity index (χ4n) is 2.09. The lowest BCUT2D eigenvalue weighted by Crippen LogP contribution is -2.72. The molecule has 0 bridgehead atoms. The van der Waals surface area contributed by atoms with Crippen LogP contribution in [0.4, 0.5) is 10.7 Å². The molecule has 8 nitrogen and oxygen atoms in total. The first-order chi connectivity index (χ1) is 9.42. The molecule has 0 aliphatic carbocycles. The van der Waals surface area contributed by atoms with Gasteiger partial charge in [-0.3, -0.25) is 14.0 Å². The van der Waals surface area contributed by atoms with Crippen LogP contribution in [-0.4, -0.2) is 45.8 Å². The number of rotatable bonds is 3. The first-order valence-corrected chi connectivity index (χ1v) is 7.86. The number of nitrogens with zero attached hydrogens (tertiary/aromatic N) is 3. The van der Waals surface area contributed by atoms with Gasteiger partial charge in [0.1, 0.15) is 5.54 Å². The Morgan fingerprint density at radius 1 is 1.70 bits per heavy atom. The molecule has 2 rings (SSSR count). The molecular formula is C11H19N4O4S+. The van der Waals surface area contributed by atoms with Crippen molar-refractivity contribution in [2.75, 3.05) is 35.0 Å². The summed E-state index contributed by atoms with van der Waals surface area (Å²) in [5.41, 5.74) is -0.300. The van der Waals surface area contributed by atoms with Crippen molar-refractivity contribution in [2.24, 2.45) is 0 Å². The largest absolute Gasteiger partial charge is 0.450 e. The van der Waals surface area contributed by atoms with Crippen molar-refractivity contribution in [1.82, 2.24) is 5.27 Å². The normalized spacial score (nSPS) is 21.6. The van der Waals surface area contributed by atoms with E-state index in [2.05, 4.69) is 10.6 Å². The van der Waals surface area contributed by atoms with E-state index in [4.69, 9.17) is 9.26 Å². The van der Waals surface area contributed by atoms with Crippen molar-refractivity contribution in [3.05, 3.63) is 6.20 Å². The summed E-state index contributed by atoms with van der Waals surface area (Å²) in [4.78, 5) is 12.8. The number of hydrogen-bond acceptors (Lipinski definition) is 6. The van der Waals surface area contributed by atoms with E-state index in [-0.39, 0.29) is 18.0 Å². The van der Waals surface area contributed by atoms with E-state index in [1.54, 1.807) is 13.1 Å². The molecule has 20 heavy (non-hydrogen) atoms. The average Bonchev–Trinajstić information content (AvgIpc) is 2.75. The van der Waals surface area contributed by atoms with Gasteiger partial charge < -0.3 is 4.74 Å². The minimum absolute atomic E-state index is 0.200. The van der Waals surface area contributed by atoms with Crippen molar-refractivity contribution in [3.63, 3.8) is 0 Å². The average molecular weight is 303 g/mol. The fourth-order valence-corrected chi connectivity index (χ4v) is 3.54. The Hall–Kier alpha value is -1.64. The van der Waals surface area contributed by atoms with Gasteiger partial charge in [0.2, 0.25) is 5.27 Å². The molecule has 1 atom stereocenters. The summed E-state index contributed by atoms with van der Waals surface area (Å²) < 4.78 is 21.4. The molecule has 1 fully saturated rings. The van der Waals surface area contributed by atoms with E-state index in [1.165, 1.54) is 4.79 Å². The van der Waals surface area contributed by atoms with Gasteiger partial charge in [0, 0.05) is 16.6 Å². The van der Waals surface area contributed by atoms with Gasteiger partial charge in [0.25, 0.3) is 6.20 Å². The Balaban J connectivity index is 2.08. The fraction of sp³-hybridized carbons (Fsp3) is 0.727. The van der Waals surface area contributed by atoms with Gasteiger partial charge in [-0.25, -0.2) is 4.79 Å². The van der Waals surface area contributed by atoms with E-state index >= 15 is 0 Å². The summed E-state index contributed by atoms with van der Waals surface area (Å²) in [5, 5.41) is 8.27. The maximum Gasteiger partial charge on any atom is 0.414 e. The minimum Gasteiger partial charge on any atom is -0.450 e. The standard InChI is InChI=1S/C11H18N4O4S/c1-4-18-10(16)12-9-7-15(13-19-9)14-5-6-20(17)8-11(14,2)3/h7H,4-6,8H2,1-3H3/p+1. The SMILES string of the molecule is CCOC(=O)Nc1c[n+](N2CCS(=O)CC2(C)C)no1. The molecule has 0 aromatic carbocycles. The van der Waals surface area contributed by atoms with E-state index in [0.717, 1.165) is 0 Å². The highest BCUT2D eigenvalue weighted by Gasteiger charge is 2.41. The highest BCUT2D eigenvalue weighted by atomic mass is 32.2. The Bertz CT molecular complexity index is 516. The van der Waals surface area contributed by atoms with Gasteiger partial charge in [-0.2, -0.15) is 0 Å². The zero-order chi connectivity index (χ0) is 14.8. The van der Waals surface area contributed by atoms with Gasteiger partial charge in [0.15, 0.2) is 0 Å². The number of carbonyl (C=O) groups is 1. The van der Waals surface area contributed by atoms with Crippen LogP contribution in [0.25, 0.3) is 0 Å². The number of anilines is 1. The molecule has 1 aliphatic rings. The first kappa shape index (κ1) is 14.8. The van der Waals surface area contributed by atoms with Crippen LogP contribution in [0.1, 0.15) is 20.8 Å². The Kier molecular flexibility index (Phi) is 4.26. The van der Waals surface area contributed by atoms with Crippen LogP contribution in [0.5, 0.6) is 0 Å². The summed E-state index contributed by atoms with van der Waals surface area (Å²) in [5.74, 6) is 1.35. The Morgan fingerprint density at radius 3 is 3.10 bits per heavy atom. The second-order valence-electron chi connectivity index (χ2n) is 5.06. The first-order valence-electron chi connectivity index (χ1n) is 6.38. The van der Waals surface area contributed by atoms with Gasteiger partial charge in [-0.1, -0.05) is 0 Å². The van der Waals surface area contributed by atoms with E-state index in [9.17, 15) is 9.00 Å². The molecule has 9 heteroatoms. The number of aromatic nitrogens is 2. The third-order valence-electron chi connectivity index (χ3n) is 2.95. The van der Waals surface area contributed by atoms with E-state index in [0.29, 0.717) is 18.1 Å². The maximum atomic E-state index is 11.6. The van der Waals surface area contributed by atoms with E-state index < -0.39 is 16.9 Å². The summed E-state index contributed by atoms with van der Waals surface area (Å²) in [6.07, 6.45) is 0.974. The zero-order valence-electron chi connectivity index (χ0n) is 11.8. The topological polar surface area (TPSA) is 88.5 Å². The van der Waals surface area contributed by atoms with Gasteiger partial charge >= 0.3 is 12.0 Å². The lowest BCUT2D eigenvalue weighted by molar-refractivity contribution is -0.764. The van der Waals surface area contributed by atoms with Crippen molar-refractivity contribution < 1.29 is 23.1 Å². The molecule has 2 heterocycles. The third-order valence-corrected chi connectivity index (χ3v) is 4.61. The van der Waals surface area contributed by atoms with Crippen LogP contribution in [0.2, 0.25) is 0 Å². The monoisotopic (exact) mass is 303 g/mol. The Morgan fingerprint density at radius 2 is 2.45 bits per heavy atom. The van der Waals surface area contributed by atoms with Crippen molar-refractivity contribution >= 4 is 22.8 Å². The molecule has 0 spiro atoms. The Labute approximate surface area is 119 Å². The van der Waals surface area contributed by atoms with Crippen LogP contribution in [0.15, 0.2) is 10.7 Å². The molecule has 0 radical (unpaired) electrons. The quantitative estimate of drug-likeness (QED) is 0.791. The molecule has 1 aliphatic heterocycles. The molecule has 1 aromatic heterocycles. The highest BCUT2D eigenvalue weighted by Crippen LogP contribution is 2.16. The number of nitrogens with one attached hydrogen (secondary N) is 1. The van der Waals surface area contributed by atoms with Crippen LogP contribution >= 0.6 is 0 Å². The maximum absolute atomic E-state index is 11.6. The number of hydrogen-bond donors (Lipinski definition) is 1. The second-order valence-corrected chi connectivity index (χ2v) is 6.63. The van der Waals surface area contributed by atoms with Crippen molar-refractivity contribution in [1.29, 1.82) is 0 Å². The minimum atomic E-state index is -0.812. The van der Waals surface area contributed by atoms with Crippen molar-refractivity contribution in [3.8, 4) is 0 Å². The summed E-state index contributed by atoms with van der Waals surface area (Å²) in [7, 11) is -0.812. The van der Waals surface area contributed by atoms with Crippen LogP contribution in [0, 0.1) is 0 Å². The van der Waals surface area contributed by atoms with Gasteiger partial charge in [0.05, 0.1) is 23.7 Å². The van der Waals surface area contributed by atoms with Gasteiger partial charge in [-0.05, 0) is 20.8 Å². The summed E-state index contributed by atoms with van der Waals surface area (Å²) in [6.45, 7) is 6.59. The molecular weight excluding hydrogens is 284 g/mol. The zero-order valence-corrected chi connectivity index (χ0v) is 12.6. The lowest BCUT2D eigenvalue weighted by atomic mass is 10.1. The molecule has 112 valence electrons. The summed E-state index contributed by atoms with van der Waals surface area (Å²) in [6, 6.07) is 0. The lowest BCUT2D eigenvalue weighted by Gasteiger charge is -2.34. The number of carbonyl (C=O) groups excluding carboxylic acids is 1. The highest BCUT2D eigenvalue weighted by molar-refractivity contribution is 7.85. The molecule has 0 saturated carbocycles. The molecule has 1 unspecified atom stereocenters. The molecule has 1 saturated heterocycles. The third kappa shape index (κ3) is 3.27. The predicted octanol–water partition coefficient (Wildman–Crippen LogP) is 0.00940. The smallest absolute Gasteiger partial charge is 0.414 e. The van der Waals surface area contributed by atoms with Crippen LogP contribution in [0.3, 0.4) is 0 Å².